The number of rotatable bonds is 4. The molecule has 0 amide bonds. The average Bonchev–Trinajstić information content (AvgIpc) is 2.36. The fraction of sp³-hybridized carbons (Fsp3) is 0.250. The molecule has 4 heteroatoms. The maximum absolute atomic E-state index is 11.7. The molecule has 0 saturated heterocycles. The van der Waals surface area contributed by atoms with E-state index in [0.717, 1.165) is 22.3 Å². The van der Waals surface area contributed by atoms with Crippen LogP contribution in [0.1, 0.15) is 28.3 Å². The number of hydrogen-bond donors (Lipinski definition) is 1. The molecular formula is C16H19NO2S. The van der Waals surface area contributed by atoms with Gasteiger partial charge < -0.3 is 0 Å². The standard InChI is InChI=1S/C16H19NO2S/c1-12-9-10-15(13(2)11-12)16(17-20(3,18)19)14-7-5-4-6-8-14/h4-11,16-17H,1-3H3/t16-/m1/s1. The van der Waals surface area contributed by atoms with Gasteiger partial charge >= 0.3 is 0 Å². The fourth-order valence-corrected chi connectivity index (χ4v) is 3.01. The van der Waals surface area contributed by atoms with Crippen LogP contribution in [0.15, 0.2) is 48.5 Å². The van der Waals surface area contributed by atoms with Crippen molar-refractivity contribution in [3.05, 3.63) is 70.8 Å². The summed E-state index contributed by atoms with van der Waals surface area (Å²) in [5, 5.41) is 0. The first kappa shape index (κ1) is 14.8. The van der Waals surface area contributed by atoms with Crippen molar-refractivity contribution in [3.8, 4) is 0 Å². The van der Waals surface area contributed by atoms with Crippen LogP contribution in [0.5, 0.6) is 0 Å². The smallest absolute Gasteiger partial charge is 0.209 e. The molecule has 2 rings (SSSR count). The summed E-state index contributed by atoms with van der Waals surface area (Å²) in [6, 6.07) is 15.3. The summed E-state index contributed by atoms with van der Waals surface area (Å²) < 4.78 is 26.0. The zero-order chi connectivity index (χ0) is 14.8. The maximum atomic E-state index is 11.7. The van der Waals surface area contributed by atoms with Crippen LogP contribution in [0.25, 0.3) is 0 Å². The van der Waals surface area contributed by atoms with Crippen LogP contribution in [0.2, 0.25) is 0 Å². The Morgan fingerprint density at radius 3 is 2.20 bits per heavy atom. The van der Waals surface area contributed by atoms with E-state index in [4.69, 9.17) is 0 Å². The Morgan fingerprint density at radius 1 is 1.00 bits per heavy atom. The number of aryl methyl sites for hydroxylation is 2. The molecular weight excluding hydrogens is 270 g/mol. The third-order valence-corrected chi connectivity index (χ3v) is 3.86. The van der Waals surface area contributed by atoms with Crippen LogP contribution < -0.4 is 4.72 Å². The van der Waals surface area contributed by atoms with Crippen molar-refractivity contribution >= 4 is 10.0 Å². The highest BCUT2D eigenvalue weighted by atomic mass is 32.2. The molecule has 3 nitrogen and oxygen atoms in total. The van der Waals surface area contributed by atoms with E-state index < -0.39 is 10.0 Å². The molecule has 2 aromatic carbocycles. The lowest BCUT2D eigenvalue weighted by molar-refractivity contribution is 0.578. The van der Waals surface area contributed by atoms with Gasteiger partial charge in [0.15, 0.2) is 0 Å². The predicted octanol–water partition coefficient (Wildman–Crippen LogP) is 2.94. The maximum Gasteiger partial charge on any atom is 0.209 e. The first-order chi connectivity index (χ1) is 9.37. The minimum absolute atomic E-state index is 0.355. The largest absolute Gasteiger partial charge is 0.213 e. The lowest BCUT2D eigenvalue weighted by Crippen LogP contribution is -2.28. The molecule has 0 saturated carbocycles. The number of nitrogens with one attached hydrogen (secondary N) is 1. The van der Waals surface area contributed by atoms with Gasteiger partial charge in [0, 0.05) is 0 Å². The van der Waals surface area contributed by atoms with Gasteiger partial charge in [0.1, 0.15) is 0 Å². The first-order valence-corrected chi connectivity index (χ1v) is 8.35. The summed E-state index contributed by atoms with van der Waals surface area (Å²) in [7, 11) is -3.30. The van der Waals surface area contributed by atoms with Crippen molar-refractivity contribution < 1.29 is 8.42 Å². The van der Waals surface area contributed by atoms with E-state index in [9.17, 15) is 8.42 Å². The van der Waals surface area contributed by atoms with Crippen LogP contribution in [0, 0.1) is 13.8 Å². The first-order valence-electron chi connectivity index (χ1n) is 6.46. The van der Waals surface area contributed by atoms with E-state index in [1.165, 1.54) is 6.26 Å². The van der Waals surface area contributed by atoms with Crippen LogP contribution in [0.3, 0.4) is 0 Å². The molecule has 0 aromatic heterocycles. The van der Waals surface area contributed by atoms with Crippen LogP contribution >= 0.6 is 0 Å². The average molecular weight is 289 g/mol. The second kappa shape index (κ2) is 5.77. The molecule has 20 heavy (non-hydrogen) atoms. The molecule has 2 aromatic rings. The van der Waals surface area contributed by atoms with Crippen molar-refractivity contribution in [2.24, 2.45) is 0 Å². The molecule has 0 fully saturated rings. The molecule has 0 aliphatic carbocycles. The molecule has 1 N–H and O–H groups in total. The van der Waals surface area contributed by atoms with Crippen molar-refractivity contribution in [3.63, 3.8) is 0 Å². The van der Waals surface area contributed by atoms with Crippen molar-refractivity contribution in [1.29, 1.82) is 0 Å². The minimum atomic E-state index is -3.30. The zero-order valence-electron chi connectivity index (χ0n) is 11.9. The van der Waals surface area contributed by atoms with Gasteiger partial charge in [-0.05, 0) is 30.5 Å². The second-order valence-electron chi connectivity index (χ2n) is 5.09. The fourth-order valence-electron chi connectivity index (χ4n) is 2.32. The second-order valence-corrected chi connectivity index (χ2v) is 6.87. The number of sulfonamides is 1. The Labute approximate surface area is 120 Å². The molecule has 0 heterocycles. The third kappa shape index (κ3) is 3.68. The summed E-state index contributed by atoms with van der Waals surface area (Å²) in [6.07, 6.45) is 1.19. The van der Waals surface area contributed by atoms with E-state index >= 15 is 0 Å². The highest BCUT2D eigenvalue weighted by molar-refractivity contribution is 7.88. The van der Waals surface area contributed by atoms with Gasteiger partial charge in [0.25, 0.3) is 0 Å². The summed E-state index contributed by atoms with van der Waals surface area (Å²) in [6.45, 7) is 4.03. The van der Waals surface area contributed by atoms with Crippen LogP contribution in [0.4, 0.5) is 0 Å². The zero-order valence-corrected chi connectivity index (χ0v) is 12.7. The Balaban J connectivity index is 2.52. The monoisotopic (exact) mass is 289 g/mol. The van der Waals surface area contributed by atoms with Gasteiger partial charge in [-0.15, -0.1) is 0 Å². The molecule has 0 aliphatic rings. The highest BCUT2D eigenvalue weighted by Crippen LogP contribution is 2.26. The third-order valence-electron chi connectivity index (χ3n) is 3.20. The van der Waals surface area contributed by atoms with E-state index in [1.54, 1.807) is 0 Å². The van der Waals surface area contributed by atoms with Gasteiger partial charge in [-0.25, -0.2) is 13.1 Å². The predicted molar refractivity (Wildman–Crippen MR) is 82.2 cm³/mol. The number of benzene rings is 2. The molecule has 0 unspecified atom stereocenters. The Kier molecular flexibility index (Phi) is 4.26. The van der Waals surface area contributed by atoms with Gasteiger partial charge in [0.2, 0.25) is 10.0 Å². The van der Waals surface area contributed by atoms with Crippen LogP contribution in [-0.2, 0) is 10.0 Å². The van der Waals surface area contributed by atoms with Gasteiger partial charge in [-0.3, -0.25) is 0 Å². The van der Waals surface area contributed by atoms with Gasteiger partial charge in [-0.1, -0.05) is 54.1 Å². The Bertz CT molecular complexity index is 694. The summed E-state index contributed by atoms with van der Waals surface area (Å²) >= 11 is 0. The molecule has 0 aliphatic heterocycles. The van der Waals surface area contributed by atoms with Crippen molar-refractivity contribution in [2.45, 2.75) is 19.9 Å². The molecule has 0 bridgehead atoms. The topological polar surface area (TPSA) is 46.2 Å². The van der Waals surface area contributed by atoms with E-state index in [-0.39, 0.29) is 6.04 Å². The van der Waals surface area contributed by atoms with Crippen molar-refractivity contribution in [1.82, 2.24) is 4.72 Å². The molecule has 0 spiro atoms. The molecule has 106 valence electrons. The molecule has 0 radical (unpaired) electrons. The summed E-state index contributed by atoms with van der Waals surface area (Å²) in [5.74, 6) is 0. The quantitative estimate of drug-likeness (QED) is 0.940. The van der Waals surface area contributed by atoms with E-state index in [0.29, 0.717) is 0 Å². The van der Waals surface area contributed by atoms with E-state index in [2.05, 4.69) is 10.8 Å². The Hall–Kier alpha value is -1.65. The summed E-state index contributed by atoms with van der Waals surface area (Å²) in [5.41, 5.74) is 4.16. The Morgan fingerprint density at radius 2 is 1.65 bits per heavy atom. The normalized spacial score (nSPS) is 13.2. The summed E-state index contributed by atoms with van der Waals surface area (Å²) in [4.78, 5) is 0. The highest BCUT2D eigenvalue weighted by Gasteiger charge is 2.19. The SMILES string of the molecule is Cc1ccc([C@H](NS(C)(=O)=O)c2ccccc2)c(C)c1. The number of hydrogen-bond acceptors (Lipinski definition) is 2. The lowest BCUT2D eigenvalue weighted by Gasteiger charge is -2.21. The van der Waals surface area contributed by atoms with Gasteiger partial charge in [0.05, 0.1) is 12.3 Å². The molecule has 1 atom stereocenters. The lowest BCUT2D eigenvalue weighted by atomic mass is 9.95. The van der Waals surface area contributed by atoms with E-state index in [1.807, 2.05) is 56.3 Å². The van der Waals surface area contributed by atoms with Gasteiger partial charge in [-0.2, -0.15) is 0 Å². The van der Waals surface area contributed by atoms with Crippen LogP contribution in [-0.4, -0.2) is 14.7 Å². The van der Waals surface area contributed by atoms with Crippen molar-refractivity contribution in [2.75, 3.05) is 6.26 Å². The minimum Gasteiger partial charge on any atom is -0.213 e.